The summed E-state index contributed by atoms with van der Waals surface area (Å²) >= 11 is 0. The zero-order valence-corrected chi connectivity index (χ0v) is 12.8. The van der Waals surface area contributed by atoms with E-state index >= 15 is 0 Å². The van der Waals surface area contributed by atoms with Crippen LogP contribution in [0.2, 0.25) is 0 Å². The maximum Gasteiger partial charge on any atom is 0.122 e. The van der Waals surface area contributed by atoms with Gasteiger partial charge in [-0.15, -0.1) is 0 Å². The standard InChI is InChI=1S/C16H25NO4/c1-12-3-4-13(2)15(7-12)21-9-14(18)8-17-10-16(19)5-6-20-11-16/h3-4,7,14,17-19H,5-6,8-11H2,1-2H3. The number of ether oxygens (including phenoxy) is 2. The lowest BCUT2D eigenvalue weighted by atomic mass is 10.0. The van der Waals surface area contributed by atoms with E-state index in [1.165, 1.54) is 0 Å². The van der Waals surface area contributed by atoms with E-state index in [4.69, 9.17) is 9.47 Å². The molecule has 5 nitrogen and oxygen atoms in total. The van der Waals surface area contributed by atoms with Crippen molar-refractivity contribution < 1.29 is 19.7 Å². The van der Waals surface area contributed by atoms with Crippen LogP contribution >= 0.6 is 0 Å². The summed E-state index contributed by atoms with van der Waals surface area (Å²) in [6.07, 6.45) is 0.0190. The molecule has 1 fully saturated rings. The highest BCUT2D eigenvalue weighted by Gasteiger charge is 2.31. The fraction of sp³-hybridized carbons (Fsp3) is 0.625. The van der Waals surface area contributed by atoms with E-state index in [9.17, 15) is 10.2 Å². The molecule has 1 aliphatic rings. The third-order valence-corrected chi connectivity index (χ3v) is 3.69. The Morgan fingerprint density at radius 3 is 2.95 bits per heavy atom. The second-order valence-electron chi connectivity index (χ2n) is 5.89. The normalized spacial score (nSPS) is 23.2. The number of benzene rings is 1. The quantitative estimate of drug-likeness (QED) is 0.693. The van der Waals surface area contributed by atoms with Crippen molar-refractivity contribution in [3.8, 4) is 5.75 Å². The summed E-state index contributed by atoms with van der Waals surface area (Å²) in [4.78, 5) is 0. The van der Waals surface area contributed by atoms with Crippen LogP contribution in [0.5, 0.6) is 5.75 Å². The molecule has 0 amide bonds. The minimum atomic E-state index is -0.798. The van der Waals surface area contributed by atoms with Gasteiger partial charge in [-0.05, 0) is 31.0 Å². The van der Waals surface area contributed by atoms with Crippen molar-refractivity contribution >= 4 is 0 Å². The van der Waals surface area contributed by atoms with E-state index in [0.717, 1.165) is 16.9 Å². The molecule has 1 aliphatic heterocycles. The Balaban J connectivity index is 1.69. The van der Waals surface area contributed by atoms with Gasteiger partial charge >= 0.3 is 0 Å². The lowest BCUT2D eigenvalue weighted by Crippen LogP contribution is -2.44. The molecule has 0 radical (unpaired) electrons. The minimum absolute atomic E-state index is 0.228. The molecule has 3 N–H and O–H groups in total. The third-order valence-electron chi connectivity index (χ3n) is 3.69. The van der Waals surface area contributed by atoms with Gasteiger partial charge in [0.05, 0.1) is 6.61 Å². The van der Waals surface area contributed by atoms with E-state index in [0.29, 0.717) is 32.7 Å². The first-order chi connectivity index (χ1) is 9.98. The van der Waals surface area contributed by atoms with Gasteiger partial charge in [-0.3, -0.25) is 0 Å². The van der Waals surface area contributed by atoms with Crippen LogP contribution in [0.3, 0.4) is 0 Å². The van der Waals surface area contributed by atoms with Gasteiger partial charge in [0, 0.05) is 26.1 Å². The Kier molecular flexibility index (Phi) is 5.58. The van der Waals surface area contributed by atoms with Crippen LogP contribution in [0.1, 0.15) is 17.5 Å². The van der Waals surface area contributed by atoms with Gasteiger partial charge in [-0.2, -0.15) is 0 Å². The third kappa shape index (κ3) is 4.97. The van der Waals surface area contributed by atoms with Crippen LogP contribution in [-0.4, -0.2) is 54.8 Å². The molecule has 0 aromatic heterocycles. The van der Waals surface area contributed by atoms with Gasteiger partial charge in [-0.25, -0.2) is 0 Å². The van der Waals surface area contributed by atoms with Crippen LogP contribution < -0.4 is 10.1 Å². The van der Waals surface area contributed by atoms with Gasteiger partial charge in [0.25, 0.3) is 0 Å². The first-order valence-electron chi connectivity index (χ1n) is 7.37. The second kappa shape index (κ2) is 7.22. The Bertz CT molecular complexity index is 458. The Labute approximate surface area is 125 Å². The zero-order valence-electron chi connectivity index (χ0n) is 12.8. The maximum absolute atomic E-state index is 10.1. The van der Waals surface area contributed by atoms with Crippen molar-refractivity contribution in [3.63, 3.8) is 0 Å². The summed E-state index contributed by atoms with van der Waals surface area (Å²) in [6, 6.07) is 6.00. The minimum Gasteiger partial charge on any atom is -0.491 e. The summed E-state index contributed by atoms with van der Waals surface area (Å²) in [5, 5.41) is 23.1. The molecular weight excluding hydrogens is 270 g/mol. The molecule has 1 aromatic rings. The molecule has 1 heterocycles. The first kappa shape index (κ1) is 16.2. The number of aliphatic hydroxyl groups excluding tert-OH is 1. The van der Waals surface area contributed by atoms with E-state index in [1.54, 1.807) is 0 Å². The number of aryl methyl sites for hydroxylation is 2. The molecule has 1 aromatic carbocycles. The van der Waals surface area contributed by atoms with E-state index in [1.807, 2.05) is 32.0 Å². The van der Waals surface area contributed by atoms with E-state index < -0.39 is 11.7 Å². The second-order valence-corrected chi connectivity index (χ2v) is 5.89. The van der Waals surface area contributed by atoms with Crippen LogP contribution in [0.15, 0.2) is 18.2 Å². The molecular formula is C16H25NO4. The highest BCUT2D eigenvalue weighted by Crippen LogP contribution is 2.19. The fourth-order valence-electron chi connectivity index (χ4n) is 2.32. The number of nitrogens with one attached hydrogen (secondary N) is 1. The summed E-state index contributed by atoms with van der Waals surface area (Å²) in [5.41, 5.74) is 1.39. The van der Waals surface area contributed by atoms with Crippen LogP contribution in [0, 0.1) is 13.8 Å². The molecule has 21 heavy (non-hydrogen) atoms. The van der Waals surface area contributed by atoms with Crippen molar-refractivity contribution in [1.82, 2.24) is 5.32 Å². The average Bonchev–Trinajstić information content (AvgIpc) is 2.87. The smallest absolute Gasteiger partial charge is 0.122 e. The Hall–Kier alpha value is -1.14. The molecule has 2 unspecified atom stereocenters. The first-order valence-corrected chi connectivity index (χ1v) is 7.37. The summed E-state index contributed by atoms with van der Waals surface area (Å²) in [6.45, 7) is 5.97. The highest BCUT2D eigenvalue weighted by molar-refractivity contribution is 5.35. The molecule has 0 bridgehead atoms. The topological polar surface area (TPSA) is 71.0 Å². The van der Waals surface area contributed by atoms with Crippen LogP contribution in [-0.2, 0) is 4.74 Å². The number of rotatable bonds is 7. The predicted molar refractivity (Wildman–Crippen MR) is 80.7 cm³/mol. The van der Waals surface area contributed by atoms with Crippen LogP contribution in [0.4, 0.5) is 0 Å². The SMILES string of the molecule is Cc1ccc(C)c(OCC(O)CNCC2(O)CCOC2)c1. The maximum atomic E-state index is 10.1. The lowest BCUT2D eigenvalue weighted by molar-refractivity contribution is 0.0226. The van der Waals surface area contributed by atoms with Gasteiger partial charge in [-0.1, -0.05) is 12.1 Å². The molecule has 118 valence electrons. The van der Waals surface area contributed by atoms with Crippen molar-refractivity contribution in [1.29, 1.82) is 0 Å². The summed E-state index contributed by atoms with van der Waals surface area (Å²) in [5.74, 6) is 0.803. The average molecular weight is 295 g/mol. The predicted octanol–water partition coefficient (Wildman–Crippen LogP) is 0.784. The highest BCUT2D eigenvalue weighted by atomic mass is 16.5. The largest absolute Gasteiger partial charge is 0.491 e. The summed E-state index contributed by atoms with van der Waals surface area (Å²) < 4.78 is 10.8. The Morgan fingerprint density at radius 1 is 1.43 bits per heavy atom. The number of aliphatic hydroxyl groups is 2. The van der Waals surface area contributed by atoms with Crippen molar-refractivity contribution in [2.45, 2.75) is 32.0 Å². The van der Waals surface area contributed by atoms with Gasteiger partial charge in [0.2, 0.25) is 0 Å². The molecule has 1 saturated heterocycles. The molecule has 2 rings (SSSR count). The zero-order chi connectivity index (χ0) is 15.3. The van der Waals surface area contributed by atoms with Gasteiger partial charge in [0.15, 0.2) is 0 Å². The monoisotopic (exact) mass is 295 g/mol. The molecule has 5 heteroatoms. The molecule has 2 atom stereocenters. The van der Waals surface area contributed by atoms with Gasteiger partial charge < -0.3 is 25.0 Å². The fourth-order valence-corrected chi connectivity index (χ4v) is 2.32. The molecule has 0 saturated carbocycles. The van der Waals surface area contributed by atoms with E-state index in [-0.39, 0.29) is 6.61 Å². The summed E-state index contributed by atoms with van der Waals surface area (Å²) in [7, 11) is 0. The van der Waals surface area contributed by atoms with Crippen LogP contribution in [0.25, 0.3) is 0 Å². The number of hydrogen-bond donors (Lipinski definition) is 3. The van der Waals surface area contributed by atoms with Crippen molar-refractivity contribution in [2.24, 2.45) is 0 Å². The van der Waals surface area contributed by atoms with Crippen molar-refractivity contribution in [2.75, 3.05) is 32.9 Å². The van der Waals surface area contributed by atoms with Gasteiger partial charge in [0.1, 0.15) is 24.1 Å². The van der Waals surface area contributed by atoms with Crippen molar-refractivity contribution in [3.05, 3.63) is 29.3 Å². The van der Waals surface area contributed by atoms with E-state index in [2.05, 4.69) is 5.32 Å². The Morgan fingerprint density at radius 2 is 2.24 bits per heavy atom. The molecule has 0 spiro atoms. The lowest BCUT2D eigenvalue weighted by Gasteiger charge is -2.22. The number of hydrogen-bond acceptors (Lipinski definition) is 5. The molecule has 0 aliphatic carbocycles.